The molecule has 0 radical (unpaired) electrons. The molecule has 1 amide bonds. The number of benzene rings is 3. The lowest BCUT2D eigenvalue weighted by Crippen LogP contribution is -2.34. The molecule has 3 aromatic carbocycles. The zero-order valence-corrected chi connectivity index (χ0v) is 22.0. The molecular weight excluding hydrogens is 558 g/mol. The van der Waals surface area contributed by atoms with Crippen LogP contribution in [0, 0.1) is 10.1 Å². The summed E-state index contributed by atoms with van der Waals surface area (Å²) in [5, 5.41) is 17.3. The van der Waals surface area contributed by atoms with Gasteiger partial charge in [0.2, 0.25) is 5.89 Å². The minimum Gasteiger partial charge on any atom is -0.436 e. The van der Waals surface area contributed by atoms with Gasteiger partial charge >= 0.3 is 0 Å². The molecule has 1 aliphatic heterocycles. The van der Waals surface area contributed by atoms with Crippen LogP contribution >= 0.6 is 28.1 Å². The molecule has 11 heteroatoms. The first-order chi connectivity index (χ1) is 17.9. The summed E-state index contributed by atoms with van der Waals surface area (Å²) in [5.41, 5.74) is 3.27. The summed E-state index contributed by atoms with van der Waals surface area (Å²) in [6, 6.07) is 17.4. The number of anilines is 2. The van der Waals surface area contributed by atoms with Crippen molar-refractivity contribution in [1.29, 1.82) is 0 Å². The predicted molar refractivity (Wildman–Crippen MR) is 150 cm³/mol. The lowest BCUT2D eigenvalue weighted by atomic mass is 10.1. The summed E-state index contributed by atoms with van der Waals surface area (Å²) in [6.07, 6.45) is 3.10. The zero-order chi connectivity index (χ0) is 25.9. The molecular formula is C26H22BrN5O4S. The summed E-state index contributed by atoms with van der Waals surface area (Å²) in [6.45, 7) is 1.53. The van der Waals surface area contributed by atoms with E-state index in [1.54, 1.807) is 30.3 Å². The van der Waals surface area contributed by atoms with Crippen molar-refractivity contribution in [3.63, 3.8) is 0 Å². The second-order valence-corrected chi connectivity index (χ2v) is 9.95. The van der Waals surface area contributed by atoms with Crippen LogP contribution in [0.1, 0.15) is 29.6 Å². The van der Waals surface area contributed by atoms with Gasteiger partial charge in [-0.3, -0.25) is 20.2 Å². The topological polar surface area (TPSA) is 114 Å². The van der Waals surface area contributed by atoms with Crippen molar-refractivity contribution in [1.82, 2.24) is 10.3 Å². The van der Waals surface area contributed by atoms with E-state index in [0.29, 0.717) is 28.4 Å². The van der Waals surface area contributed by atoms with Crippen molar-refractivity contribution >= 4 is 67.3 Å². The molecule has 0 spiro atoms. The monoisotopic (exact) mass is 579 g/mol. The molecule has 0 bridgehead atoms. The maximum Gasteiger partial charge on any atom is 0.293 e. The minimum atomic E-state index is -0.537. The fraction of sp³-hybridized carbons (Fsp3) is 0.192. The Morgan fingerprint density at radius 2 is 1.89 bits per heavy atom. The van der Waals surface area contributed by atoms with Crippen LogP contribution < -0.4 is 15.5 Å². The SMILES string of the molecule is O=C(NC(=S)Nc1ccc2oc(-c3cccc(Br)c3)nc2c1)c1ccc(N2CCCCC2)c([N+](=O)[O-])c1. The van der Waals surface area contributed by atoms with Crippen LogP contribution in [0.4, 0.5) is 17.1 Å². The van der Waals surface area contributed by atoms with E-state index in [2.05, 4.69) is 31.5 Å². The summed E-state index contributed by atoms with van der Waals surface area (Å²) >= 11 is 8.76. The maximum absolute atomic E-state index is 12.8. The third kappa shape index (κ3) is 5.62. The van der Waals surface area contributed by atoms with Crippen molar-refractivity contribution < 1.29 is 14.1 Å². The highest BCUT2D eigenvalue weighted by Crippen LogP contribution is 2.31. The summed E-state index contributed by atoms with van der Waals surface area (Å²) < 4.78 is 6.77. The van der Waals surface area contributed by atoms with Crippen LogP contribution in [0.15, 0.2) is 69.6 Å². The Kier molecular flexibility index (Phi) is 7.15. The number of halogens is 1. The van der Waals surface area contributed by atoms with Gasteiger partial charge in [-0.15, -0.1) is 0 Å². The highest BCUT2D eigenvalue weighted by molar-refractivity contribution is 9.10. The average Bonchev–Trinajstić information content (AvgIpc) is 3.32. The molecule has 5 rings (SSSR count). The molecule has 1 aliphatic rings. The molecule has 1 fully saturated rings. The predicted octanol–water partition coefficient (Wildman–Crippen LogP) is 6.28. The maximum atomic E-state index is 12.8. The third-order valence-corrected chi connectivity index (χ3v) is 6.77. The number of hydrogen-bond donors (Lipinski definition) is 2. The molecule has 2 heterocycles. The zero-order valence-electron chi connectivity index (χ0n) is 19.6. The van der Waals surface area contributed by atoms with Crippen molar-refractivity contribution in [2.24, 2.45) is 0 Å². The number of nitrogens with zero attached hydrogens (tertiary/aromatic N) is 3. The molecule has 37 heavy (non-hydrogen) atoms. The van der Waals surface area contributed by atoms with E-state index < -0.39 is 10.8 Å². The number of piperidine rings is 1. The van der Waals surface area contributed by atoms with Crippen LogP contribution in [0.3, 0.4) is 0 Å². The number of amides is 1. The lowest BCUT2D eigenvalue weighted by Gasteiger charge is -2.28. The molecule has 4 aromatic rings. The Hall–Kier alpha value is -3.83. The standard InChI is InChI=1S/C26H22BrN5O4S/c27-18-6-4-5-17(13-18)25-29-20-15-19(8-10-23(20)36-25)28-26(37)30-24(33)16-7-9-21(22(14-16)32(34)35)31-11-2-1-3-12-31/h4-10,13-15H,1-3,11-12H2,(H2,28,30,33,37). The number of fused-ring (bicyclic) bond motifs is 1. The first-order valence-electron chi connectivity index (χ1n) is 11.7. The fourth-order valence-electron chi connectivity index (χ4n) is 4.30. The van der Waals surface area contributed by atoms with Crippen molar-refractivity contribution in [3.8, 4) is 11.5 Å². The van der Waals surface area contributed by atoms with Gasteiger partial charge in [-0.1, -0.05) is 22.0 Å². The quantitative estimate of drug-likeness (QED) is 0.161. The van der Waals surface area contributed by atoms with Crippen molar-refractivity contribution in [2.45, 2.75) is 19.3 Å². The Morgan fingerprint density at radius 1 is 1.08 bits per heavy atom. The van der Waals surface area contributed by atoms with Gasteiger partial charge in [-0.2, -0.15) is 0 Å². The van der Waals surface area contributed by atoms with Gasteiger partial charge in [0.25, 0.3) is 11.6 Å². The molecule has 1 saturated heterocycles. The normalized spacial score (nSPS) is 13.4. The first-order valence-corrected chi connectivity index (χ1v) is 12.9. The van der Waals surface area contributed by atoms with Crippen LogP contribution in [-0.2, 0) is 0 Å². The van der Waals surface area contributed by atoms with Crippen molar-refractivity contribution in [2.75, 3.05) is 23.3 Å². The van der Waals surface area contributed by atoms with Crippen LogP contribution in [0.2, 0.25) is 0 Å². The summed E-state index contributed by atoms with van der Waals surface area (Å²) in [7, 11) is 0. The lowest BCUT2D eigenvalue weighted by molar-refractivity contribution is -0.384. The van der Waals surface area contributed by atoms with E-state index in [4.69, 9.17) is 16.6 Å². The number of thiocarbonyl (C=S) groups is 1. The molecule has 0 unspecified atom stereocenters. The Bertz CT molecular complexity index is 1520. The van der Waals surface area contributed by atoms with E-state index in [-0.39, 0.29) is 16.4 Å². The number of nitro benzene ring substituents is 1. The number of rotatable bonds is 5. The number of carbonyl (C=O) groups is 1. The van der Waals surface area contributed by atoms with E-state index in [1.807, 2.05) is 29.2 Å². The minimum absolute atomic E-state index is 0.0582. The third-order valence-electron chi connectivity index (χ3n) is 6.08. The fourth-order valence-corrected chi connectivity index (χ4v) is 4.91. The van der Waals surface area contributed by atoms with E-state index >= 15 is 0 Å². The van der Waals surface area contributed by atoms with Gasteiger partial charge < -0.3 is 14.6 Å². The van der Waals surface area contributed by atoms with Gasteiger partial charge in [0.15, 0.2) is 10.7 Å². The van der Waals surface area contributed by atoms with E-state index in [9.17, 15) is 14.9 Å². The average molecular weight is 580 g/mol. The molecule has 0 atom stereocenters. The molecule has 1 aromatic heterocycles. The number of aromatic nitrogens is 1. The van der Waals surface area contributed by atoms with Gasteiger partial charge in [0.1, 0.15) is 11.2 Å². The number of nitrogens with one attached hydrogen (secondary N) is 2. The molecule has 9 nitrogen and oxygen atoms in total. The van der Waals surface area contributed by atoms with Gasteiger partial charge in [-0.25, -0.2) is 4.98 Å². The number of oxazole rings is 1. The van der Waals surface area contributed by atoms with Gasteiger partial charge in [0.05, 0.1) is 4.92 Å². The highest BCUT2D eigenvalue weighted by atomic mass is 79.9. The first kappa shape index (κ1) is 24.8. The molecule has 0 saturated carbocycles. The van der Waals surface area contributed by atoms with E-state index in [0.717, 1.165) is 42.4 Å². The van der Waals surface area contributed by atoms with Crippen LogP contribution in [-0.4, -0.2) is 34.0 Å². The largest absolute Gasteiger partial charge is 0.436 e. The molecule has 188 valence electrons. The molecule has 0 aliphatic carbocycles. The van der Waals surface area contributed by atoms with Gasteiger partial charge in [-0.05, 0) is 80.0 Å². The smallest absolute Gasteiger partial charge is 0.293 e. The second kappa shape index (κ2) is 10.7. The van der Waals surface area contributed by atoms with Crippen LogP contribution in [0.5, 0.6) is 0 Å². The Balaban J connectivity index is 1.28. The summed E-state index contributed by atoms with van der Waals surface area (Å²) in [4.78, 5) is 30.6. The summed E-state index contributed by atoms with van der Waals surface area (Å²) in [5.74, 6) is -0.0517. The Labute approximate surface area is 226 Å². The highest BCUT2D eigenvalue weighted by Gasteiger charge is 2.23. The van der Waals surface area contributed by atoms with Crippen molar-refractivity contribution in [3.05, 3.63) is 80.8 Å². The second-order valence-electron chi connectivity index (χ2n) is 8.63. The number of carbonyl (C=O) groups excluding carboxylic acids is 1. The number of nitro groups is 1. The van der Waals surface area contributed by atoms with Gasteiger partial charge in [0, 0.05) is 40.4 Å². The Morgan fingerprint density at radius 3 is 2.65 bits per heavy atom. The number of hydrogen-bond acceptors (Lipinski definition) is 7. The van der Waals surface area contributed by atoms with E-state index in [1.165, 1.54) is 6.07 Å². The molecule has 2 N–H and O–H groups in total. The van der Waals surface area contributed by atoms with Crippen LogP contribution in [0.25, 0.3) is 22.6 Å².